The lowest BCUT2D eigenvalue weighted by atomic mass is 9.96. The fourth-order valence-electron chi connectivity index (χ4n) is 4.59. The van der Waals surface area contributed by atoms with Crippen molar-refractivity contribution in [2.24, 2.45) is 0 Å². The molecule has 33 heavy (non-hydrogen) atoms. The van der Waals surface area contributed by atoms with Gasteiger partial charge in [-0.25, -0.2) is 4.39 Å². The molecular formula is C27H36FN3O2. The van der Waals surface area contributed by atoms with Crippen molar-refractivity contribution in [1.29, 1.82) is 0 Å². The van der Waals surface area contributed by atoms with Crippen LogP contribution in [0.3, 0.4) is 0 Å². The molecule has 0 saturated carbocycles. The van der Waals surface area contributed by atoms with E-state index in [2.05, 4.69) is 28.7 Å². The van der Waals surface area contributed by atoms with Crippen molar-refractivity contribution in [3.05, 3.63) is 53.3 Å². The second-order valence-electron chi connectivity index (χ2n) is 8.97. The number of fused-ring (bicyclic) bond motifs is 1. The average molecular weight is 454 g/mol. The molecule has 178 valence electrons. The number of piperazine rings is 1. The quantitative estimate of drug-likeness (QED) is 0.552. The lowest BCUT2D eigenvalue weighted by molar-refractivity contribution is 0.153. The van der Waals surface area contributed by atoms with Crippen LogP contribution in [0.2, 0.25) is 0 Å². The number of benzene rings is 2. The number of hydrogen-bond acceptors (Lipinski definition) is 5. The third-order valence-electron chi connectivity index (χ3n) is 6.54. The van der Waals surface area contributed by atoms with Crippen molar-refractivity contribution in [3.63, 3.8) is 0 Å². The summed E-state index contributed by atoms with van der Waals surface area (Å²) in [6.45, 7) is 9.84. The molecule has 1 saturated heterocycles. The number of ether oxygens (including phenoxy) is 2. The highest BCUT2D eigenvalue weighted by atomic mass is 19.1. The van der Waals surface area contributed by atoms with E-state index in [0.29, 0.717) is 12.2 Å². The number of hydrogen-bond donors (Lipinski definition) is 0. The molecule has 0 amide bonds. The second-order valence-corrected chi connectivity index (χ2v) is 8.97. The van der Waals surface area contributed by atoms with Gasteiger partial charge in [0.25, 0.3) is 0 Å². The van der Waals surface area contributed by atoms with E-state index < -0.39 is 0 Å². The van der Waals surface area contributed by atoms with Crippen LogP contribution in [0.1, 0.15) is 30.9 Å². The Morgan fingerprint density at radius 3 is 2.42 bits per heavy atom. The number of anilines is 1. The molecule has 0 atom stereocenters. The maximum Gasteiger partial charge on any atom is 0.143 e. The van der Waals surface area contributed by atoms with E-state index >= 15 is 4.39 Å². The van der Waals surface area contributed by atoms with E-state index in [0.717, 1.165) is 87.0 Å². The van der Waals surface area contributed by atoms with Crippen LogP contribution in [0.4, 0.5) is 10.1 Å². The van der Waals surface area contributed by atoms with Crippen molar-refractivity contribution in [1.82, 2.24) is 9.80 Å². The van der Waals surface area contributed by atoms with Gasteiger partial charge in [0, 0.05) is 44.8 Å². The molecule has 2 aliphatic rings. The lowest BCUT2D eigenvalue weighted by Crippen LogP contribution is -2.45. The molecule has 0 spiro atoms. The zero-order valence-electron chi connectivity index (χ0n) is 20.1. The minimum absolute atomic E-state index is 0.205. The maximum atomic E-state index is 15.0. The fourth-order valence-corrected chi connectivity index (χ4v) is 4.59. The monoisotopic (exact) mass is 453 g/mol. The highest BCUT2D eigenvalue weighted by Gasteiger charge is 2.26. The molecule has 1 fully saturated rings. The van der Waals surface area contributed by atoms with Crippen LogP contribution in [0.25, 0.3) is 11.6 Å². The molecule has 6 heteroatoms. The Labute approximate surface area is 197 Å². The van der Waals surface area contributed by atoms with Gasteiger partial charge < -0.3 is 24.2 Å². The van der Waals surface area contributed by atoms with E-state index in [9.17, 15) is 0 Å². The Morgan fingerprint density at radius 2 is 1.73 bits per heavy atom. The van der Waals surface area contributed by atoms with Crippen molar-refractivity contribution in [2.75, 3.05) is 71.5 Å². The van der Waals surface area contributed by atoms with Gasteiger partial charge in [-0.05, 0) is 67.9 Å². The normalized spacial score (nSPS) is 17.0. The van der Waals surface area contributed by atoms with Crippen LogP contribution in [-0.4, -0.2) is 76.4 Å². The van der Waals surface area contributed by atoms with Crippen LogP contribution >= 0.6 is 0 Å². The van der Waals surface area contributed by atoms with Crippen molar-refractivity contribution in [2.45, 2.75) is 19.8 Å². The van der Waals surface area contributed by atoms with Gasteiger partial charge in [-0.2, -0.15) is 0 Å². The zero-order valence-corrected chi connectivity index (χ0v) is 20.1. The standard InChI is InChI=1S/C27H36FN3O2/c1-4-18-33-26-11-10-25(28)24-19-22(21-6-8-23(32-3)9-7-21)20-31(27(24)26)13-5-12-30-16-14-29(2)15-17-30/h6-11,19H,4-5,12-18,20H2,1-3H3. The molecular weight excluding hydrogens is 417 g/mol. The lowest BCUT2D eigenvalue weighted by Gasteiger charge is -2.35. The van der Waals surface area contributed by atoms with E-state index in [1.165, 1.54) is 6.07 Å². The SMILES string of the molecule is CCCOc1ccc(F)c2c1N(CCCN1CCN(C)CC1)CC(c1ccc(OC)cc1)=C2. The number of halogens is 1. The molecule has 2 aromatic rings. The average Bonchev–Trinajstić information content (AvgIpc) is 2.85. The number of methoxy groups -OCH3 is 1. The van der Waals surface area contributed by atoms with Crippen LogP contribution in [0, 0.1) is 5.82 Å². The first-order valence-corrected chi connectivity index (χ1v) is 12.0. The van der Waals surface area contributed by atoms with Crippen LogP contribution in [0.5, 0.6) is 11.5 Å². The first kappa shape index (κ1) is 23.6. The summed E-state index contributed by atoms with van der Waals surface area (Å²) in [5.74, 6) is 1.39. The summed E-state index contributed by atoms with van der Waals surface area (Å²) in [5, 5.41) is 0. The number of nitrogens with zero attached hydrogens (tertiary/aromatic N) is 3. The first-order valence-electron chi connectivity index (χ1n) is 12.0. The first-order chi connectivity index (χ1) is 16.1. The summed E-state index contributed by atoms with van der Waals surface area (Å²) in [4.78, 5) is 7.22. The summed E-state index contributed by atoms with van der Waals surface area (Å²) < 4.78 is 26.4. The number of rotatable bonds is 9. The van der Waals surface area contributed by atoms with Gasteiger partial charge >= 0.3 is 0 Å². The van der Waals surface area contributed by atoms with Crippen LogP contribution in [-0.2, 0) is 0 Å². The fraction of sp³-hybridized carbons (Fsp3) is 0.481. The van der Waals surface area contributed by atoms with Crippen molar-refractivity contribution < 1.29 is 13.9 Å². The smallest absolute Gasteiger partial charge is 0.143 e. The molecule has 2 aliphatic heterocycles. The van der Waals surface area contributed by atoms with Gasteiger partial charge in [0.15, 0.2) is 0 Å². The summed E-state index contributed by atoms with van der Waals surface area (Å²) in [5.41, 5.74) is 3.71. The summed E-state index contributed by atoms with van der Waals surface area (Å²) in [6.07, 6.45) is 3.94. The second kappa shape index (κ2) is 11.0. The van der Waals surface area contributed by atoms with E-state index in [1.807, 2.05) is 30.3 Å². The Hall–Kier alpha value is -2.57. The van der Waals surface area contributed by atoms with Gasteiger partial charge in [-0.1, -0.05) is 19.1 Å². The van der Waals surface area contributed by atoms with Gasteiger partial charge in [-0.15, -0.1) is 0 Å². The Balaban J connectivity index is 1.58. The summed E-state index contributed by atoms with van der Waals surface area (Å²) >= 11 is 0. The maximum absolute atomic E-state index is 15.0. The molecule has 0 radical (unpaired) electrons. The topological polar surface area (TPSA) is 28.2 Å². The molecule has 2 aromatic carbocycles. The third-order valence-corrected chi connectivity index (χ3v) is 6.54. The summed E-state index contributed by atoms with van der Waals surface area (Å²) in [6, 6.07) is 11.3. The molecule has 0 bridgehead atoms. The van der Waals surface area contributed by atoms with Gasteiger partial charge in [-0.3, -0.25) is 0 Å². The Kier molecular flexibility index (Phi) is 7.89. The summed E-state index contributed by atoms with van der Waals surface area (Å²) in [7, 11) is 3.85. The molecule has 5 nitrogen and oxygen atoms in total. The van der Waals surface area contributed by atoms with Gasteiger partial charge in [0.2, 0.25) is 0 Å². The molecule has 4 rings (SSSR count). The molecule has 0 aliphatic carbocycles. The van der Waals surface area contributed by atoms with Crippen molar-refractivity contribution in [3.8, 4) is 11.5 Å². The minimum Gasteiger partial charge on any atom is -0.497 e. The predicted molar refractivity (Wildman–Crippen MR) is 134 cm³/mol. The molecule has 0 aromatic heterocycles. The highest BCUT2D eigenvalue weighted by molar-refractivity contribution is 5.93. The molecule has 0 N–H and O–H groups in total. The largest absolute Gasteiger partial charge is 0.497 e. The molecule has 0 unspecified atom stereocenters. The predicted octanol–water partition coefficient (Wildman–Crippen LogP) is 4.62. The van der Waals surface area contributed by atoms with Crippen LogP contribution in [0.15, 0.2) is 36.4 Å². The zero-order chi connectivity index (χ0) is 23.2. The van der Waals surface area contributed by atoms with Crippen LogP contribution < -0.4 is 14.4 Å². The van der Waals surface area contributed by atoms with Gasteiger partial charge in [0.05, 0.1) is 19.4 Å². The van der Waals surface area contributed by atoms with E-state index in [1.54, 1.807) is 13.2 Å². The Bertz CT molecular complexity index is 953. The van der Waals surface area contributed by atoms with Gasteiger partial charge in [0.1, 0.15) is 17.3 Å². The minimum atomic E-state index is -0.205. The van der Waals surface area contributed by atoms with E-state index in [4.69, 9.17) is 9.47 Å². The Morgan fingerprint density at radius 1 is 0.970 bits per heavy atom. The molecule has 2 heterocycles. The highest BCUT2D eigenvalue weighted by Crippen LogP contribution is 2.41. The number of likely N-dealkylation sites (N-methyl/N-ethyl adjacent to an activating group) is 1. The van der Waals surface area contributed by atoms with E-state index in [-0.39, 0.29) is 5.82 Å². The van der Waals surface area contributed by atoms with Crippen molar-refractivity contribution >= 4 is 17.3 Å². The third kappa shape index (κ3) is 5.68.